The number of halogens is 2. The zero-order chi connectivity index (χ0) is 15.3. The molecule has 0 N–H and O–H groups in total. The topological polar surface area (TPSA) is 34.1 Å². The maximum absolute atomic E-state index is 13.4. The van der Waals surface area contributed by atoms with Crippen LogP contribution in [0.1, 0.15) is 11.1 Å². The first-order valence-electron chi connectivity index (χ1n) is 6.37. The molecule has 5 heteroatoms. The molecule has 0 aliphatic heterocycles. The molecular formula is C16H14F2O2S. The van der Waals surface area contributed by atoms with E-state index >= 15 is 0 Å². The molecule has 2 aromatic carbocycles. The molecule has 0 saturated heterocycles. The van der Waals surface area contributed by atoms with Crippen molar-refractivity contribution in [1.29, 1.82) is 0 Å². The lowest BCUT2D eigenvalue weighted by molar-refractivity contribution is 0.579. The van der Waals surface area contributed by atoms with Gasteiger partial charge in [-0.25, -0.2) is 17.2 Å². The second-order valence-electron chi connectivity index (χ2n) is 4.54. The van der Waals surface area contributed by atoms with E-state index in [9.17, 15) is 17.2 Å². The van der Waals surface area contributed by atoms with E-state index in [0.717, 1.165) is 29.2 Å². The van der Waals surface area contributed by atoms with Crippen LogP contribution in [0.4, 0.5) is 8.78 Å². The zero-order valence-electron chi connectivity index (χ0n) is 11.2. The Kier molecular flexibility index (Phi) is 4.85. The summed E-state index contributed by atoms with van der Waals surface area (Å²) in [6.45, 7) is 0. The highest BCUT2D eigenvalue weighted by Gasteiger charge is 2.09. The van der Waals surface area contributed by atoms with Gasteiger partial charge in [-0.15, -0.1) is 0 Å². The molecule has 110 valence electrons. The van der Waals surface area contributed by atoms with Crippen LogP contribution in [0.3, 0.4) is 0 Å². The molecule has 0 unspecified atom stereocenters. The standard InChI is InChI=1S/C16H14F2O2S/c17-15-7-4-8-16(18)14(15)10-12-21(19,20)11-9-13-5-2-1-3-6-13/h1-8,10,12H,9,11H2/b12-10+. The fraction of sp³-hybridized carbons (Fsp3) is 0.125. The Morgan fingerprint density at radius 3 is 2.14 bits per heavy atom. The van der Waals surface area contributed by atoms with Crippen molar-refractivity contribution in [2.45, 2.75) is 6.42 Å². The van der Waals surface area contributed by atoms with Gasteiger partial charge in [0.1, 0.15) is 11.6 Å². The van der Waals surface area contributed by atoms with Crippen LogP contribution < -0.4 is 0 Å². The van der Waals surface area contributed by atoms with Crippen LogP contribution in [0.25, 0.3) is 6.08 Å². The van der Waals surface area contributed by atoms with Gasteiger partial charge in [-0.1, -0.05) is 36.4 Å². The van der Waals surface area contributed by atoms with Gasteiger partial charge in [0.15, 0.2) is 9.84 Å². The molecule has 0 amide bonds. The Labute approximate surface area is 122 Å². The average molecular weight is 308 g/mol. The number of benzene rings is 2. The Morgan fingerprint density at radius 2 is 1.52 bits per heavy atom. The molecule has 0 heterocycles. The van der Waals surface area contributed by atoms with E-state index in [1.807, 2.05) is 30.3 Å². The van der Waals surface area contributed by atoms with Crippen molar-refractivity contribution in [3.8, 4) is 0 Å². The Hall–Kier alpha value is -2.01. The number of aryl methyl sites for hydroxylation is 1. The van der Waals surface area contributed by atoms with E-state index in [-0.39, 0.29) is 11.3 Å². The van der Waals surface area contributed by atoms with Crippen LogP contribution in [0.2, 0.25) is 0 Å². The summed E-state index contributed by atoms with van der Waals surface area (Å²) in [5.74, 6) is -1.68. The second kappa shape index (κ2) is 6.63. The minimum atomic E-state index is -3.53. The maximum atomic E-state index is 13.4. The lowest BCUT2D eigenvalue weighted by Gasteiger charge is -2.01. The van der Waals surface area contributed by atoms with E-state index in [4.69, 9.17) is 0 Å². The van der Waals surface area contributed by atoms with E-state index < -0.39 is 21.5 Å². The Bertz CT molecular complexity index is 718. The summed E-state index contributed by atoms with van der Waals surface area (Å²) < 4.78 is 50.5. The van der Waals surface area contributed by atoms with E-state index in [1.165, 1.54) is 6.07 Å². The van der Waals surface area contributed by atoms with Gasteiger partial charge in [0.25, 0.3) is 0 Å². The minimum Gasteiger partial charge on any atom is -0.224 e. The number of sulfone groups is 1. The van der Waals surface area contributed by atoms with Crippen molar-refractivity contribution >= 4 is 15.9 Å². The molecule has 2 rings (SSSR count). The SMILES string of the molecule is O=S(=O)(/C=C/c1c(F)cccc1F)CCc1ccccc1. The summed E-state index contributed by atoms with van der Waals surface area (Å²) in [4.78, 5) is 0. The maximum Gasteiger partial charge on any atom is 0.171 e. The highest BCUT2D eigenvalue weighted by molar-refractivity contribution is 7.94. The first-order chi connectivity index (χ1) is 9.98. The zero-order valence-corrected chi connectivity index (χ0v) is 12.0. The first-order valence-corrected chi connectivity index (χ1v) is 8.08. The van der Waals surface area contributed by atoms with Gasteiger partial charge in [0.2, 0.25) is 0 Å². The minimum absolute atomic E-state index is 0.108. The van der Waals surface area contributed by atoms with Crippen LogP contribution in [0.15, 0.2) is 53.9 Å². The van der Waals surface area contributed by atoms with Gasteiger partial charge in [0.05, 0.1) is 5.75 Å². The van der Waals surface area contributed by atoms with Crippen molar-refractivity contribution < 1.29 is 17.2 Å². The van der Waals surface area contributed by atoms with Crippen molar-refractivity contribution in [3.05, 3.63) is 76.7 Å². The van der Waals surface area contributed by atoms with Crippen LogP contribution >= 0.6 is 0 Å². The second-order valence-corrected chi connectivity index (χ2v) is 6.55. The van der Waals surface area contributed by atoms with Gasteiger partial charge in [-0.3, -0.25) is 0 Å². The van der Waals surface area contributed by atoms with Crippen LogP contribution in [0, 0.1) is 11.6 Å². The summed E-state index contributed by atoms with van der Waals surface area (Å²) in [5.41, 5.74) is 0.548. The van der Waals surface area contributed by atoms with Crippen LogP contribution in [-0.4, -0.2) is 14.2 Å². The molecular weight excluding hydrogens is 294 g/mol. The fourth-order valence-corrected chi connectivity index (χ4v) is 2.81. The number of hydrogen-bond acceptors (Lipinski definition) is 2. The number of hydrogen-bond donors (Lipinski definition) is 0. The predicted octanol–water partition coefficient (Wildman–Crippen LogP) is 3.59. The van der Waals surface area contributed by atoms with Gasteiger partial charge in [0, 0.05) is 11.0 Å². The molecule has 0 saturated carbocycles. The average Bonchev–Trinajstić information content (AvgIpc) is 2.46. The van der Waals surface area contributed by atoms with E-state index in [2.05, 4.69) is 0 Å². The molecule has 0 spiro atoms. The van der Waals surface area contributed by atoms with Crippen molar-refractivity contribution in [2.24, 2.45) is 0 Å². The van der Waals surface area contributed by atoms with Gasteiger partial charge >= 0.3 is 0 Å². The third-order valence-corrected chi connectivity index (χ3v) is 4.28. The van der Waals surface area contributed by atoms with Crippen molar-refractivity contribution in [2.75, 3.05) is 5.75 Å². The predicted molar refractivity (Wildman–Crippen MR) is 79.3 cm³/mol. The highest BCUT2D eigenvalue weighted by atomic mass is 32.2. The quantitative estimate of drug-likeness (QED) is 0.846. The molecule has 2 nitrogen and oxygen atoms in total. The molecule has 0 aromatic heterocycles. The lowest BCUT2D eigenvalue weighted by Crippen LogP contribution is -2.05. The summed E-state index contributed by atoms with van der Waals surface area (Å²) in [5, 5.41) is 0.859. The monoisotopic (exact) mass is 308 g/mol. The summed E-state index contributed by atoms with van der Waals surface area (Å²) >= 11 is 0. The molecule has 2 aromatic rings. The van der Waals surface area contributed by atoms with Crippen molar-refractivity contribution in [1.82, 2.24) is 0 Å². The molecule has 0 atom stereocenters. The third kappa shape index (κ3) is 4.49. The van der Waals surface area contributed by atoms with Crippen molar-refractivity contribution in [3.63, 3.8) is 0 Å². The number of rotatable bonds is 5. The van der Waals surface area contributed by atoms with Gasteiger partial charge in [-0.05, 0) is 30.2 Å². The first kappa shape index (κ1) is 15.4. The fourth-order valence-electron chi connectivity index (χ4n) is 1.81. The van der Waals surface area contributed by atoms with Gasteiger partial charge < -0.3 is 0 Å². The molecule has 0 fully saturated rings. The molecule has 21 heavy (non-hydrogen) atoms. The van der Waals surface area contributed by atoms with Gasteiger partial charge in [-0.2, -0.15) is 0 Å². The Morgan fingerprint density at radius 1 is 0.905 bits per heavy atom. The van der Waals surface area contributed by atoms with Crippen LogP contribution in [-0.2, 0) is 16.3 Å². The molecule has 0 radical (unpaired) electrons. The summed E-state index contributed by atoms with van der Waals surface area (Å²) in [7, 11) is -3.53. The molecule has 0 bridgehead atoms. The largest absolute Gasteiger partial charge is 0.224 e. The third-order valence-electron chi connectivity index (χ3n) is 2.96. The van der Waals surface area contributed by atoms with E-state index in [1.54, 1.807) is 0 Å². The molecule has 0 aliphatic rings. The Balaban J connectivity index is 2.09. The smallest absolute Gasteiger partial charge is 0.171 e. The van der Waals surface area contributed by atoms with E-state index in [0.29, 0.717) is 6.42 Å². The lowest BCUT2D eigenvalue weighted by atomic mass is 10.2. The highest BCUT2D eigenvalue weighted by Crippen LogP contribution is 2.15. The summed E-state index contributed by atoms with van der Waals surface area (Å²) in [6.07, 6.45) is 1.32. The molecule has 0 aliphatic carbocycles. The summed E-state index contributed by atoms with van der Waals surface area (Å²) in [6, 6.07) is 12.5. The normalized spacial score (nSPS) is 11.9. The van der Waals surface area contributed by atoms with Crippen LogP contribution in [0.5, 0.6) is 0 Å².